The summed E-state index contributed by atoms with van der Waals surface area (Å²) in [5.74, 6) is 0.664. The molecule has 1 saturated carbocycles. The molecule has 0 unspecified atom stereocenters. The van der Waals surface area contributed by atoms with Crippen molar-refractivity contribution in [2.24, 2.45) is 0 Å². The van der Waals surface area contributed by atoms with Crippen LogP contribution in [-0.4, -0.2) is 39.6 Å². The number of ether oxygens (including phenoxy) is 2. The third-order valence-electron chi connectivity index (χ3n) is 6.63. The highest BCUT2D eigenvalue weighted by Crippen LogP contribution is 2.39. The number of fused-ring (bicyclic) bond motifs is 2. The Hall–Kier alpha value is -3.92. The molecular formula is C26H25N5O4S. The first kappa shape index (κ1) is 22.5. The average Bonchev–Trinajstić information content (AvgIpc) is 3.70. The molecule has 1 aliphatic carbocycles. The number of carbonyl (C=O) groups is 2. The summed E-state index contributed by atoms with van der Waals surface area (Å²) in [6.45, 7) is 0.0434. The number of nitrogens with one attached hydrogen (secondary N) is 1. The fourth-order valence-electron chi connectivity index (χ4n) is 4.88. The molecule has 6 rings (SSSR count). The van der Waals surface area contributed by atoms with E-state index in [1.807, 2.05) is 41.8 Å². The summed E-state index contributed by atoms with van der Waals surface area (Å²) in [4.78, 5) is 30.1. The van der Waals surface area contributed by atoms with Gasteiger partial charge in [-0.25, -0.2) is 4.68 Å². The van der Waals surface area contributed by atoms with E-state index >= 15 is 0 Å². The number of benzene rings is 2. The molecule has 0 bridgehead atoms. The van der Waals surface area contributed by atoms with Crippen molar-refractivity contribution in [2.45, 2.75) is 44.3 Å². The second-order valence-corrected chi connectivity index (χ2v) is 9.92. The second-order valence-electron chi connectivity index (χ2n) is 8.95. The van der Waals surface area contributed by atoms with Crippen LogP contribution < -0.4 is 19.7 Å². The van der Waals surface area contributed by atoms with Gasteiger partial charge in [-0.05, 0) is 48.6 Å². The maximum atomic E-state index is 14.0. The molecule has 3 heterocycles. The number of aromatic nitrogens is 3. The van der Waals surface area contributed by atoms with Gasteiger partial charge in [-0.3, -0.25) is 14.5 Å². The van der Waals surface area contributed by atoms with E-state index in [2.05, 4.69) is 15.6 Å². The van der Waals surface area contributed by atoms with Crippen molar-refractivity contribution in [1.29, 1.82) is 0 Å². The first-order valence-corrected chi connectivity index (χ1v) is 12.9. The van der Waals surface area contributed by atoms with Gasteiger partial charge < -0.3 is 14.8 Å². The highest BCUT2D eigenvalue weighted by atomic mass is 32.1. The maximum Gasteiger partial charge on any atom is 0.249 e. The normalized spacial score (nSPS) is 15.8. The lowest BCUT2D eigenvalue weighted by atomic mass is 10.1. The summed E-state index contributed by atoms with van der Waals surface area (Å²) in [5, 5.41) is 13.5. The molecule has 2 aromatic carbocycles. The van der Waals surface area contributed by atoms with E-state index in [1.54, 1.807) is 27.8 Å². The molecule has 2 amide bonds. The largest absolute Gasteiger partial charge is 0.454 e. The fourth-order valence-corrected chi connectivity index (χ4v) is 5.69. The van der Waals surface area contributed by atoms with Crippen LogP contribution in [0.1, 0.15) is 36.6 Å². The molecule has 36 heavy (non-hydrogen) atoms. The number of nitrogens with zero attached hydrogens (tertiary/aromatic N) is 4. The van der Waals surface area contributed by atoms with Crippen LogP contribution in [0.25, 0.3) is 11.0 Å². The van der Waals surface area contributed by atoms with Gasteiger partial charge in [0.1, 0.15) is 18.1 Å². The number of thiophene rings is 1. The van der Waals surface area contributed by atoms with Gasteiger partial charge in [0.25, 0.3) is 0 Å². The molecule has 1 fully saturated rings. The van der Waals surface area contributed by atoms with Crippen LogP contribution in [-0.2, 0) is 16.1 Å². The molecule has 9 nitrogen and oxygen atoms in total. The Kier molecular flexibility index (Phi) is 6.02. The van der Waals surface area contributed by atoms with E-state index in [1.165, 1.54) is 11.3 Å². The van der Waals surface area contributed by atoms with Crippen molar-refractivity contribution in [3.8, 4) is 11.5 Å². The maximum absolute atomic E-state index is 14.0. The zero-order valence-electron chi connectivity index (χ0n) is 19.5. The first-order chi connectivity index (χ1) is 17.7. The molecular weight excluding hydrogens is 478 g/mol. The van der Waals surface area contributed by atoms with E-state index in [-0.39, 0.29) is 31.2 Å². The molecule has 1 atom stereocenters. The quantitative estimate of drug-likeness (QED) is 0.409. The second kappa shape index (κ2) is 9.62. The van der Waals surface area contributed by atoms with E-state index in [0.29, 0.717) is 22.7 Å². The lowest BCUT2D eigenvalue weighted by Crippen LogP contribution is -2.47. The summed E-state index contributed by atoms with van der Waals surface area (Å²) in [5.41, 5.74) is 2.00. The fraction of sp³-hybridized carbons (Fsp3) is 0.308. The first-order valence-electron chi connectivity index (χ1n) is 12.0. The molecule has 0 radical (unpaired) electrons. The van der Waals surface area contributed by atoms with Gasteiger partial charge in [0.05, 0.1) is 5.52 Å². The molecule has 2 aliphatic rings. The van der Waals surface area contributed by atoms with Gasteiger partial charge in [0.15, 0.2) is 11.5 Å². The third-order valence-corrected chi connectivity index (χ3v) is 7.55. The van der Waals surface area contributed by atoms with Crippen molar-refractivity contribution in [3.63, 3.8) is 0 Å². The van der Waals surface area contributed by atoms with Gasteiger partial charge in [0.2, 0.25) is 18.6 Å². The molecule has 10 heteroatoms. The van der Waals surface area contributed by atoms with Gasteiger partial charge in [0, 0.05) is 22.7 Å². The summed E-state index contributed by atoms with van der Waals surface area (Å²) in [6, 6.07) is 15.8. The van der Waals surface area contributed by atoms with Crippen molar-refractivity contribution < 1.29 is 19.1 Å². The Bertz CT molecular complexity index is 1400. The Morgan fingerprint density at radius 1 is 1.08 bits per heavy atom. The Balaban J connectivity index is 1.40. The number of hydrogen-bond acceptors (Lipinski definition) is 7. The monoisotopic (exact) mass is 503 g/mol. The van der Waals surface area contributed by atoms with E-state index in [9.17, 15) is 9.59 Å². The van der Waals surface area contributed by atoms with E-state index < -0.39 is 6.04 Å². The van der Waals surface area contributed by atoms with Gasteiger partial charge >= 0.3 is 0 Å². The minimum absolute atomic E-state index is 0.0759. The Morgan fingerprint density at radius 3 is 2.75 bits per heavy atom. The van der Waals surface area contributed by atoms with E-state index in [0.717, 1.165) is 36.1 Å². The van der Waals surface area contributed by atoms with Crippen molar-refractivity contribution in [3.05, 3.63) is 64.9 Å². The number of rotatable bonds is 7. The van der Waals surface area contributed by atoms with Crippen LogP contribution in [0.4, 0.5) is 5.69 Å². The predicted octanol–water partition coefficient (Wildman–Crippen LogP) is 4.05. The number of amides is 2. The standard InChI is InChI=1S/C26H25N5O4S/c32-24(15-30-20-9-4-3-8-19(20)28-29-30)31(18-11-12-21-22(14-18)35-16-34-21)25(23-10-5-13-36-23)26(33)27-17-6-1-2-7-17/h3-5,8-14,17,25H,1-2,6-7,15-16H2,(H,27,33)/t25-/m1/s1. The van der Waals surface area contributed by atoms with Crippen LogP contribution in [0.3, 0.4) is 0 Å². The smallest absolute Gasteiger partial charge is 0.249 e. The molecule has 2 aromatic heterocycles. The number of anilines is 1. The minimum Gasteiger partial charge on any atom is -0.454 e. The number of para-hydroxylation sites is 1. The number of hydrogen-bond donors (Lipinski definition) is 1. The SMILES string of the molecule is O=C(NC1CCCC1)[C@@H](c1cccs1)N(C(=O)Cn1nnc2ccccc21)c1ccc2c(c1)OCO2. The molecule has 0 saturated heterocycles. The highest BCUT2D eigenvalue weighted by Gasteiger charge is 2.36. The molecule has 4 aromatic rings. The third kappa shape index (κ3) is 4.28. The van der Waals surface area contributed by atoms with Crippen molar-refractivity contribution in [1.82, 2.24) is 20.3 Å². The van der Waals surface area contributed by atoms with Crippen molar-refractivity contribution in [2.75, 3.05) is 11.7 Å². The van der Waals surface area contributed by atoms with E-state index in [4.69, 9.17) is 9.47 Å². The molecule has 1 N–H and O–H groups in total. The molecule has 1 aliphatic heterocycles. The van der Waals surface area contributed by atoms with Gasteiger partial charge in [-0.1, -0.05) is 36.3 Å². The lowest BCUT2D eigenvalue weighted by Gasteiger charge is -2.31. The van der Waals surface area contributed by atoms with Crippen molar-refractivity contribution >= 4 is 39.9 Å². The molecule has 0 spiro atoms. The Labute approximate surface area is 211 Å². The van der Waals surface area contributed by atoms with Crippen LogP contribution in [0.5, 0.6) is 11.5 Å². The van der Waals surface area contributed by atoms with Gasteiger partial charge in [-0.15, -0.1) is 16.4 Å². The zero-order valence-corrected chi connectivity index (χ0v) is 20.3. The van der Waals surface area contributed by atoms with Crippen LogP contribution in [0, 0.1) is 0 Å². The van der Waals surface area contributed by atoms with Crippen LogP contribution in [0.2, 0.25) is 0 Å². The van der Waals surface area contributed by atoms with Crippen LogP contribution >= 0.6 is 11.3 Å². The minimum atomic E-state index is -0.840. The Morgan fingerprint density at radius 2 is 1.92 bits per heavy atom. The topological polar surface area (TPSA) is 98.6 Å². The highest BCUT2D eigenvalue weighted by molar-refractivity contribution is 7.10. The number of carbonyl (C=O) groups excluding carboxylic acids is 2. The summed E-state index contributed by atoms with van der Waals surface area (Å²) < 4.78 is 12.6. The summed E-state index contributed by atoms with van der Waals surface area (Å²) >= 11 is 1.45. The molecule has 184 valence electrons. The zero-order chi connectivity index (χ0) is 24.5. The summed E-state index contributed by atoms with van der Waals surface area (Å²) in [6.07, 6.45) is 4.09. The average molecular weight is 504 g/mol. The summed E-state index contributed by atoms with van der Waals surface area (Å²) in [7, 11) is 0. The lowest BCUT2D eigenvalue weighted by molar-refractivity contribution is -0.127. The van der Waals surface area contributed by atoms with Gasteiger partial charge in [-0.2, -0.15) is 0 Å². The predicted molar refractivity (Wildman–Crippen MR) is 135 cm³/mol. The van der Waals surface area contributed by atoms with Crippen LogP contribution in [0.15, 0.2) is 60.0 Å².